The number of Topliss-reactive ketones (excluding diaryl/α,β-unsaturated/α-hetero) is 2. The van der Waals surface area contributed by atoms with Gasteiger partial charge in [-0.25, -0.2) is 4.79 Å². The molecule has 34 heavy (non-hydrogen) atoms. The van der Waals surface area contributed by atoms with Crippen LogP contribution in [0.5, 0.6) is 0 Å². The number of carboxylic acids is 1. The number of carboxylic acid groups (broad SMARTS) is 1. The molecule has 1 saturated heterocycles. The number of rotatable bonds is 5. The van der Waals surface area contributed by atoms with Crippen LogP contribution < -0.4 is 4.90 Å². The molecule has 6 nitrogen and oxygen atoms in total. The minimum Gasteiger partial charge on any atom is -0.478 e. The molecule has 0 aromatic heterocycles. The number of benzene rings is 3. The van der Waals surface area contributed by atoms with Crippen LogP contribution in [0.15, 0.2) is 78.9 Å². The first-order valence-corrected chi connectivity index (χ1v) is 10.1. The van der Waals surface area contributed by atoms with Crippen molar-refractivity contribution in [3.8, 4) is 0 Å². The number of alkyl halides is 3. The normalized spacial score (nSPS) is 18.3. The van der Waals surface area contributed by atoms with Crippen LogP contribution in [-0.4, -0.2) is 28.5 Å². The predicted octanol–water partition coefficient (Wildman–Crippen LogP) is 4.56. The van der Waals surface area contributed by atoms with E-state index in [4.69, 9.17) is 5.11 Å². The molecule has 3 aromatic carbocycles. The van der Waals surface area contributed by atoms with Gasteiger partial charge in [0, 0.05) is 11.3 Å². The molecule has 1 N–H and O–H groups in total. The molecule has 1 amide bonds. The number of carbonyl (C=O) groups excluding carboxylic acids is 3. The first-order valence-electron chi connectivity index (χ1n) is 10.1. The summed E-state index contributed by atoms with van der Waals surface area (Å²) in [6, 6.07) is 15.8. The summed E-state index contributed by atoms with van der Waals surface area (Å²) in [6.07, 6.45) is -4.58. The minimum absolute atomic E-state index is 0.0337. The Hall–Kier alpha value is -4.27. The number of hydrogen-bond donors (Lipinski definition) is 1. The molecule has 0 saturated carbocycles. The molecule has 3 aromatic rings. The summed E-state index contributed by atoms with van der Waals surface area (Å²) in [4.78, 5) is 51.5. The average Bonchev–Trinajstić information content (AvgIpc) is 3.09. The van der Waals surface area contributed by atoms with Crippen molar-refractivity contribution in [1.82, 2.24) is 0 Å². The molecular formula is C25H16F3NO5. The lowest BCUT2D eigenvalue weighted by atomic mass is 9.86. The lowest BCUT2D eigenvalue weighted by molar-refractivity contribution is -0.137. The Kier molecular flexibility index (Phi) is 5.78. The van der Waals surface area contributed by atoms with Gasteiger partial charge in [-0.2, -0.15) is 13.2 Å². The van der Waals surface area contributed by atoms with Crippen LogP contribution in [0.3, 0.4) is 0 Å². The maximum atomic E-state index is 13.3. The third-order valence-corrected chi connectivity index (χ3v) is 5.62. The van der Waals surface area contributed by atoms with Gasteiger partial charge in [-0.05, 0) is 42.0 Å². The second-order valence-corrected chi connectivity index (χ2v) is 7.66. The molecule has 1 fully saturated rings. The van der Waals surface area contributed by atoms with Crippen LogP contribution in [-0.2, 0) is 15.8 Å². The van der Waals surface area contributed by atoms with Crippen molar-refractivity contribution in [2.45, 2.75) is 12.2 Å². The van der Waals surface area contributed by atoms with Gasteiger partial charge < -0.3 is 5.11 Å². The van der Waals surface area contributed by atoms with E-state index in [1.165, 1.54) is 24.3 Å². The molecule has 0 aliphatic carbocycles. The summed E-state index contributed by atoms with van der Waals surface area (Å²) in [6.45, 7) is 0. The third-order valence-electron chi connectivity index (χ3n) is 5.62. The van der Waals surface area contributed by atoms with Crippen molar-refractivity contribution in [2.75, 3.05) is 4.90 Å². The first-order chi connectivity index (χ1) is 16.1. The number of carbonyl (C=O) groups is 4. The van der Waals surface area contributed by atoms with Crippen LogP contribution in [0, 0.1) is 5.92 Å². The monoisotopic (exact) mass is 467 g/mol. The lowest BCUT2D eigenvalue weighted by Crippen LogP contribution is -2.30. The Balaban J connectivity index is 1.79. The highest BCUT2D eigenvalue weighted by atomic mass is 19.4. The SMILES string of the molecule is O=C(O)c1ccc(C(=O)C2C(=O)C(=O)N(c3ccc(C(F)(F)F)cc3)C2c2ccccc2)cc1. The molecule has 4 rings (SSSR count). The highest BCUT2D eigenvalue weighted by molar-refractivity contribution is 6.49. The van der Waals surface area contributed by atoms with E-state index >= 15 is 0 Å². The molecule has 1 aliphatic rings. The zero-order valence-corrected chi connectivity index (χ0v) is 17.3. The van der Waals surface area contributed by atoms with Gasteiger partial charge in [0.2, 0.25) is 5.78 Å². The van der Waals surface area contributed by atoms with Gasteiger partial charge in [0.25, 0.3) is 5.91 Å². The van der Waals surface area contributed by atoms with Gasteiger partial charge in [-0.15, -0.1) is 0 Å². The van der Waals surface area contributed by atoms with Crippen molar-refractivity contribution in [1.29, 1.82) is 0 Å². The fourth-order valence-corrected chi connectivity index (χ4v) is 3.97. The topological polar surface area (TPSA) is 91.7 Å². The number of nitrogens with zero attached hydrogens (tertiary/aromatic N) is 1. The molecule has 1 aliphatic heterocycles. The van der Waals surface area contributed by atoms with E-state index in [0.717, 1.165) is 29.2 Å². The van der Waals surface area contributed by atoms with Gasteiger partial charge in [-0.1, -0.05) is 42.5 Å². The molecular weight excluding hydrogens is 451 g/mol. The first kappa shape index (κ1) is 22.9. The Labute approximate surface area is 191 Å². The molecule has 9 heteroatoms. The number of aromatic carboxylic acids is 1. The van der Waals surface area contributed by atoms with Gasteiger partial charge >= 0.3 is 12.1 Å². The fraction of sp³-hybridized carbons (Fsp3) is 0.120. The van der Waals surface area contributed by atoms with Gasteiger partial charge in [0.1, 0.15) is 5.92 Å². The second kappa shape index (κ2) is 8.58. The molecule has 2 unspecified atom stereocenters. The van der Waals surface area contributed by atoms with Gasteiger partial charge in [0.05, 0.1) is 17.2 Å². The van der Waals surface area contributed by atoms with E-state index in [1.807, 2.05) is 0 Å². The Morgan fingerprint density at radius 3 is 1.88 bits per heavy atom. The van der Waals surface area contributed by atoms with E-state index in [-0.39, 0.29) is 16.8 Å². The van der Waals surface area contributed by atoms with Crippen molar-refractivity contribution >= 4 is 29.1 Å². The zero-order valence-electron chi connectivity index (χ0n) is 17.3. The molecule has 0 spiro atoms. The summed E-state index contributed by atoms with van der Waals surface area (Å²) >= 11 is 0. The number of amides is 1. The second-order valence-electron chi connectivity index (χ2n) is 7.66. The van der Waals surface area contributed by atoms with Crippen LogP contribution in [0.1, 0.15) is 37.9 Å². The van der Waals surface area contributed by atoms with E-state index in [1.54, 1.807) is 30.3 Å². The molecule has 0 bridgehead atoms. The van der Waals surface area contributed by atoms with Crippen LogP contribution in [0.2, 0.25) is 0 Å². The Bertz CT molecular complexity index is 1270. The third kappa shape index (κ3) is 4.07. The number of hydrogen-bond acceptors (Lipinski definition) is 4. The van der Waals surface area contributed by atoms with Crippen molar-refractivity contribution in [3.05, 3.63) is 101 Å². The van der Waals surface area contributed by atoms with E-state index in [0.29, 0.717) is 5.56 Å². The van der Waals surface area contributed by atoms with Crippen LogP contribution in [0.4, 0.5) is 18.9 Å². The lowest BCUT2D eigenvalue weighted by Gasteiger charge is -2.27. The Morgan fingerprint density at radius 1 is 0.794 bits per heavy atom. The maximum absolute atomic E-state index is 13.3. The standard InChI is InChI=1S/C25H16F3NO5/c26-25(27,28)17-10-12-18(13-11-17)29-20(14-4-2-1-3-5-14)19(22(31)23(29)32)21(30)15-6-8-16(9-7-15)24(33)34/h1-13,19-20H,(H,33,34). The number of halogens is 3. The van der Waals surface area contributed by atoms with Crippen molar-refractivity contribution < 1.29 is 37.5 Å². The Morgan fingerprint density at radius 2 is 1.35 bits per heavy atom. The van der Waals surface area contributed by atoms with Gasteiger partial charge in [0.15, 0.2) is 5.78 Å². The highest BCUT2D eigenvalue weighted by Crippen LogP contribution is 2.42. The molecule has 172 valence electrons. The molecule has 1 heterocycles. The smallest absolute Gasteiger partial charge is 0.416 e. The summed E-state index contributed by atoms with van der Waals surface area (Å²) < 4.78 is 39.0. The fourth-order valence-electron chi connectivity index (χ4n) is 3.97. The number of ketones is 2. The molecule has 0 radical (unpaired) electrons. The summed E-state index contributed by atoms with van der Waals surface area (Å²) in [5.74, 6) is -5.37. The maximum Gasteiger partial charge on any atom is 0.416 e. The van der Waals surface area contributed by atoms with Crippen LogP contribution >= 0.6 is 0 Å². The number of anilines is 1. The zero-order chi connectivity index (χ0) is 24.6. The molecule has 2 atom stereocenters. The largest absolute Gasteiger partial charge is 0.478 e. The predicted molar refractivity (Wildman–Crippen MR) is 114 cm³/mol. The van der Waals surface area contributed by atoms with Gasteiger partial charge in [-0.3, -0.25) is 19.3 Å². The van der Waals surface area contributed by atoms with E-state index < -0.39 is 47.1 Å². The van der Waals surface area contributed by atoms with Crippen LogP contribution in [0.25, 0.3) is 0 Å². The summed E-state index contributed by atoms with van der Waals surface area (Å²) in [5.41, 5.74) is -0.460. The van der Waals surface area contributed by atoms with E-state index in [9.17, 15) is 32.3 Å². The minimum atomic E-state index is -4.58. The average molecular weight is 467 g/mol. The van der Waals surface area contributed by atoms with Crippen molar-refractivity contribution in [3.63, 3.8) is 0 Å². The van der Waals surface area contributed by atoms with E-state index in [2.05, 4.69) is 0 Å². The highest BCUT2D eigenvalue weighted by Gasteiger charge is 2.52. The van der Waals surface area contributed by atoms with Crippen molar-refractivity contribution in [2.24, 2.45) is 5.92 Å². The summed E-state index contributed by atoms with van der Waals surface area (Å²) in [7, 11) is 0. The summed E-state index contributed by atoms with van der Waals surface area (Å²) in [5, 5.41) is 9.06. The quantitative estimate of drug-likeness (QED) is 0.338.